The molecule has 5 rings (SSSR count). The maximum absolute atomic E-state index is 13.5. The van der Waals surface area contributed by atoms with Gasteiger partial charge in [0, 0.05) is 17.0 Å². The van der Waals surface area contributed by atoms with E-state index >= 15 is 0 Å². The molecule has 1 aliphatic carbocycles. The Morgan fingerprint density at radius 2 is 1.69 bits per heavy atom. The van der Waals surface area contributed by atoms with Gasteiger partial charge in [0.1, 0.15) is 11.6 Å². The number of carbonyl (C=O) groups excluding carboxylic acids is 3. The van der Waals surface area contributed by atoms with Gasteiger partial charge in [-0.25, -0.2) is 9.88 Å². The fourth-order valence-corrected chi connectivity index (χ4v) is 5.34. The summed E-state index contributed by atoms with van der Waals surface area (Å²) in [6, 6.07) is 13.8. The second-order valence-electron chi connectivity index (χ2n) is 10.5. The van der Waals surface area contributed by atoms with Crippen LogP contribution >= 0.6 is 0 Å². The zero-order valence-electron chi connectivity index (χ0n) is 20.5. The molecular formula is C28H31N3O4. The van der Waals surface area contributed by atoms with Crippen LogP contribution in [0.3, 0.4) is 0 Å². The van der Waals surface area contributed by atoms with Gasteiger partial charge in [0.15, 0.2) is 5.58 Å². The Bertz CT molecular complexity index is 1230. The molecule has 1 aromatic heterocycles. The van der Waals surface area contributed by atoms with Gasteiger partial charge in [0.2, 0.25) is 17.7 Å². The topological polar surface area (TPSA) is 83.7 Å². The van der Waals surface area contributed by atoms with Gasteiger partial charge in [-0.05, 0) is 70.0 Å². The number of fused-ring (bicyclic) bond motifs is 1. The first-order chi connectivity index (χ1) is 16.7. The molecule has 0 bridgehead atoms. The number of oxazole rings is 1. The molecule has 0 spiro atoms. The molecule has 1 saturated carbocycles. The SMILES string of the molecule is CC(C)(C)N(C(=O)C1CCCCC1)C1CC(=O)N(c2ccc(-c3nc4ccccc4o3)cc2)C1=O. The molecular weight excluding hydrogens is 442 g/mol. The van der Waals surface area contributed by atoms with Crippen LogP contribution in [0.15, 0.2) is 52.9 Å². The lowest BCUT2D eigenvalue weighted by atomic mass is 9.86. The average molecular weight is 474 g/mol. The van der Waals surface area contributed by atoms with Crippen molar-refractivity contribution in [1.82, 2.24) is 9.88 Å². The molecule has 0 N–H and O–H groups in total. The van der Waals surface area contributed by atoms with Gasteiger partial charge in [-0.15, -0.1) is 0 Å². The molecule has 1 atom stereocenters. The second kappa shape index (κ2) is 8.95. The number of benzene rings is 2. The van der Waals surface area contributed by atoms with E-state index in [2.05, 4.69) is 4.98 Å². The lowest BCUT2D eigenvalue weighted by Crippen LogP contribution is -2.56. The third-order valence-corrected chi connectivity index (χ3v) is 7.02. The molecule has 2 aromatic carbocycles. The number of amides is 3. The van der Waals surface area contributed by atoms with E-state index in [1.165, 1.54) is 4.90 Å². The molecule has 35 heavy (non-hydrogen) atoms. The summed E-state index contributed by atoms with van der Waals surface area (Å²) in [7, 11) is 0. The zero-order chi connectivity index (χ0) is 24.7. The number of imide groups is 1. The average Bonchev–Trinajstić information content (AvgIpc) is 3.39. The molecule has 2 aliphatic rings. The van der Waals surface area contributed by atoms with E-state index in [-0.39, 0.29) is 30.1 Å². The highest BCUT2D eigenvalue weighted by Crippen LogP contribution is 2.35. The second-order valence-corrected chi connectivity index (χ2v) is 10.5. The van der Waals surface area contributed by atoms with E-state index in [0.29, 0.717) is 17.2 Å². The van der Waals surface area contributed by atoms with Crippen LogP contribution in [0.25, 0.3) is 22.6 Å². The number of hydrogen-bond acceptors (Lipinski definition) is 5. The minimum absolute atomic E-state index is 0.00143. The Morgan fingerprint density at radius 1 is 1.00 bits per heavy atom. The van der Waals surface area contributed by atoms with Crippen molar-refractivity contribution in [2.24, 2.45) is 5.92 Å². The summed E-state index contributed by atoms with van der Waals surface area (Å²) >= 11 is 0. The minimum atomic E-state index is -0.784. The van der Waals surface area contributed by atoms with Gasteiger partial charge >= 0.3 is 0 Å². The number of rotatable bonds is 4. The van der Waals surface area contributed by atoms with Crippen molar-refractivity contribution in [2.75, 3.05) is 4.90 Å². The first-order valence-electron chi connectivity index (χ1n) is 12.4. The highest BCUT2D eigenvalue weighted by molar-refractivity contribution is 6.23. The van der Waals surface area contributed by atoms with Crippen LogP contribution in [0.2, 0.25) is 0 Å². The summed E-state index contributed by atoms with van der Waals surface area (Å²) in [6.45, 7) is 5.80. The molecule has 1 aliphatic heterocycles. The maximum Gasteiger partial charge on any atom is 0.257 e. The summed E-state index contributed by atoms with van der Waals surface area (Å²) in [5.41, 5.74) is 2.14. The smallest absolute Gasteiger partial charge is 0.257 e. The summed E-state index contributed by atoms with van der Waals surface area (Å²) < 4.78 is 5.83. The standard InChI is InChI=1S/C28H31N3O4/c1-28(2,3)31(26(33)19-9-5-4-6-10-19)22-17-24(32)30(27(22)34)20-15-13-18(14-16-20)25-29-21-11-7-8-12-23(21)35-25/h7-8,11-16,19,22H,4-6,9-10,17H2,1-3H3. The summed E-state index contributed by atoms with van der Waals surface area (Å²) in [5, 5.41) is 0. The summed E-state index contributed by atoms with van der Waals surface area (Å²) in [6.07, 6.45) is 4.91. The Balaban J connectivity index is 1.39. The van der Waals surface area contributed by atoms with Crippen LogP contribution in [0.5, 0.6) is 0 Å². The summed E-state index contributed by atoms with van der Waals surface area (Å²) in [5.74, 6) is -0.234. The molecule has 2 fully saturated rings. The van der Waals surface area contributed by atoms with Gasteiger partial charge in [0.05, 0.1) is 12.1 Å². The van der Waals surface area contributed by atoms with Crippen molar-refractivity contribution in [3.05, 3.63) is 48.5 Å². The Morgan fingerprint density at radius 3 is 2.34 bits per heavy atom. The Hall–Kier alpha value is -3.48. The molecule has 3 amide bonds. The van der Waals surface area contributed by atoms with E-state index in [4.69, 9.17) is 4.42 Å². The highest BCUT2D eigenvalue weighted by Gasteiger charge is 2.48. The quantitative estimate of drug-likeness (QED) is 0.478. The molecule has 3 aromatic rings. The monoisotopic (exact) mass is 473 g/mol. The van der Waals surface area contributed by atoms with Gasteiger partial charge in [-0.1, -0.05) is 31.4 Å². The molecule has 7 nitrogen and oxygen atoms in total. The van der Waals surface area contributed by atoms with Crippen LogP contribution in [0.4, 0.5) is 5.69 Å². The van der Waals surface area contributed by atoms with Crippen LogP contribution < -0.4 is 4.90 Å². The van der Waals surface area contributed by atoms with Crippen molar-refractivity contribution < 1.29 is 18.8 Å². The molecule has 1 unspecified atom stereocenters. The number of carbonyl (C=O) groups is 3. The third-order valence-electron chi connectivity index (χ3n) is 7.02. The predicted octanol–water partition coefficient (Wildman–Crippen LogP) is 5.33. The lowest BCUT2D eigenvalue weighted by Gasteiger charge is -2.41. The van der Waals surface area contributed by atoms with Crippen LogP contribution in [-0.2, 0) is 14.4 Å². The Labute approximate surface area is 205 Å². The van der Waals surface area contributed by atoms with Gasteiger partial charge in [0.25, 0.3) is 5.91 Å². The molecule has 0 radical (unpaired) electrons. The van der Waals surface area contributed by atoms with E-state index in [0.717, 1.165) is 43.2 Å². The van der Waals surface area contributed by atoms with Crippen molar-refractivity contribution >= 4 is 34.5 Å². The molecule has 1 saturated heterocycles. The number of aromatic nitrogens is 1. The summed E-state index contributed by atoms with van der Waals surface area (Å²) in [4.78, 5) is 47.5. The van der Waals surface area contributed by atoms with Gasteiger partial charge in [-0.2, -0.15) is 0 Å². The largest absolute Gasteiger partial charge is 0.436 e. The molecule has 2 heterocycles. The maximum atomic E-state index is 13.5. The van der Waals surface area contributed by atoms with Crippen LogP contribution in [-0.4, -0.2) is 39.2 Å². The van der Waals surface area contributed by atoms with Crippen molar-refractivity contribution in [1.29, 1.82) is 0 Å². The number of nitrogens with zero attached hydrogens (tertiary/aromatic N) is 3. The van der Waals surface area contributed by atoms with Crippen molar-refractivity contribution in [2.45, 2.75) is 70.9 Å². The van der Waals surface area contributed by atoms with Crippen molar-refractivity contribution in [3.8, 4) is 11.5 Å². The first kappa shape index (κ1) is 23.3. The lowest BCUT2D eigenvalue weighted by molar-refractivity contribution is -0.148. The number of para-hydroxylation sites is 2. The third kappa shape index (κ3) is 4.35. The van der Waals surface area contributed by atoms with Gasteiger partial charge in [-0.3, -0.25) is 14.4 Å². The van der Waals surface area contributed by atoms with E-state index in [1.54, 1.807) is 29.2 Å². The van der Waals surface area contributed by atoms with Gasteiger partial charge < -0.3 is 9.32 Å². The minimum Gasteiger partial charge on any atom is -0.436 e. The predicted molar refractivity (Wildman–Crippen MR) is 134 cm³/mol. The number of anilines is 1. The van der Waals surface area contributed by atoms with E-state index < -0.39 is 11.6 Å². The van der Waals surface area contributed by atoms with Crippen molar-refractivity contribution in [3.63, 3.8) is 0 Å². The van der Waals surface area contributed by atoms with Crippen LogP contribution in [0.1, 0.15) is 59.3 Å². The zero-order valence-corrected chi connectivity index (χ0v) is 20.5. The number of hydrogen-bond donors (Lipinski definition) is 0. The fourth-order valence-electron chi connectivity index (χ4n) is 5.34. The first-order valence-corrected chi connectivity index (χ1v) is 12.4. The van der Waals surface area contributed by atoms with Crippen LogP contribution in [0, 0.1) is 5.92 Å². The fraction of sp³-hybridized carbons (Fsp3) is 0.429. The van der Waals surface area contributed by atoms with E-state index in [1.807, 2.05) is 45.0 Å². The normalized spacial score (nSPS) is 19.5. The highest BCUT2D eigenvalue weighted by atomic mass is 16.3. The molecule has 182 valence electrons. The van der Waals surface area contributed by atoms with E-state index in [9.17, 15) is 14.4 Å². The molecule has 7 heteroatoms. The Kier molecular flexibility index (Phi) is 5.95.